The second kappa shape index (κ2) is 11.8. The highest BCUT2D eigenvalue weighted by molar-refractivity contribution is 8.03. The van der Waals surface area contributed by atoms with Crippen molar-refractivity contribution in [3.05, 3.63) is 77.6 Å². The van der Waals surface area contributed by atoms with Gasteiger partial charge in [0.05, 0.1) is 27.9 Å². The normalized spacial score (nSPS) is 15.1. The van der Waals surface area contributed by atoms with E-state index in [2.05, 4.69) is 78.9 Å². The number of ether oxygens (including phenoxy) is 1. The molecule has 0 fully saturated rings. The van der Waals surface area contributed by atoms with Crippen LogP contribution in [0.15, 0.2) is 57.2 Å². The molecular formula is C28H30IN3O2S3. The summed E-state index contributed by atoms with van der Waals surface area (Å²) in [4.78, 5) is 16.6. The second-order valence-electron chi connectivity index (χ2n) is 8.50. The Morgan fingerprint density at radius 2 is 1.86 bits per heavy atom. The summed E-state index contributed by atoms with van der Waals surface area (Å²) in [5, 5.41) is 2.25. The van der Waals surface area contributed by atoms with E-state index in [9.17, 15) is 4.79 Å². The molecular weight excluding hydrogens is 633 g/mol. The Morgan fingerprint density at radius 1 is 1.08 bits per heavy atom. The molecule has 0 radical (unpaired) electrons. The summed E-state index contributed by atoms with van der Waals surface area (Å²) in [7, 11) is 2.06. The minimum Gasteiger partial charge on any atom is -1.00 e. The average Bonchev–Trinajstić information content (AvgIpc) is 3.48. The molecule has 0 unspecified atom stereocenters. The maximum Gasteiger partial charge on any atom is 0.269 e. The summed E-state index contributed by atoms with van der Waals surface area (Å²) in [6.07, 6.45) is 6.19. The lowest BCUT2D eigenvalue weighted by Crippen LogP contribution is -3.00. The molecule has 0 spiro atoms. The van der Waals surface area contributed by atoms with E-state index in [1.54, 1.807) is 34.4 Å². The van der Waals surface area contributed by atoms with E-state index in [1.807, 2.05) is 24.5 Å². The largest absolute Gasteiger partial charge is 1.00 e. The molecule has 9 heteroatoms. The summed E-state index contributed by atoms with van der Waals surface area (Å²) in [5.41, 5.74) is 3.57. The minimum absolute atomic E-state index is 0. The Bertz CT molecular complexity index is 1670. The van der Waals surface area contributed by atoms with Gasteiger partial charge in [0, 0.05) is 30.6 Å². The molecule has 4 aromatic rings. The molecule has 1 aliphatic heterocycles. The molecule has 5 nitrogen and oxygen atoms in total. The number of nitrogens with zero attached hydrogens (tertiary/aromatic N) is 3. The summed E-state index contributed by atoms with van der Waals surface area (Å²) >= 11 is 5.05. The zero-order valence-electron chi connectivity index (χ0n) is 21.6. The molecule has 3 heterocycles. The minimum atomic E-state index is 0. The number of thioether (sulfide) groups is 1. The van der Waals surface area contributed by atoms with Gasteiger partial charge in [0.15, 0.2) is 0 Å². The molecule has 0 saturated carbocycles. The molecule has 1 aliphatic rings. The van der Waals surface area contributed by atoms with E-state index in [4.69, 9.17) is 4.74 Å². The van der Waals surface area contributed by atoms with Gasteiger partial charge in [-0.1, -0.05) is 35.2 Å². The molecule has 0 aliphatic carbocycles. The zero-order chi connectivity index (χ0) is 25.4. The number of hydrogen-bond acceptors (Lipinski definition) is 6. The smallest absolute Gasteiger partial charge is 0.269 e. The molecule has 0 N–H and O–H groups in total. The number of rotatable bonds is 6. The molecule has 0 bridgehead atoms. The average molecular weight is 664 g/mol. The molecule has 2 aromatic carbocycles. The summed E-state index contributed by atoms with van der Waals surface area (Å²) in [5.74, 6) is 0.920. The molecule has 194 valence electrons. The number of aryl methyl sites for hydroxylation is 2. The fourth-order valence-electron chi connectivity index (χ4n) is 4.45. The molecule has 5 rings (SSSR count). The van der Waals surface area contributed by atoms with Gasteiger partial charge in [-0.2, -0.15) is 4.57 Å². The zero-order valence-corrected chi connectivity index (χ0v) is 26.2. The fraction of sp³-hybridized carbons (Fsp3) is 0.286. The Labute approximate surface area is 246 Å². The van der Waals surface area contributed by atoms with Crippen molar-refractivity contribution in [2.45, 2.75) is 45.7 Å². The van der Waals surface area contributed by atoms with Gasteiger partial charge in [-0.25, -0.2) is 0 Å². The second-order valence-corrected chi connectivity index (χ2v) is 11.7. The van der Waals surface area contributed by atoms with Crippen molar-refractivity contribution in [1.82, 2.24) is 4.57 Å². The number of para-hydroxylation sites is 1. The van der Waals surface area contributed by atoms with E-state index in [-0.39, 0.29) is 29.5 Å². The maximum atomic E-state index is 13.3. The van der Waals surface area contributed by atoms with Crippen molar-refractivity contribution in [1.29, 1.82) is 0 Å². The molecule has 37 heavy (non-hydrogen) atoms. The van der Waals surface area contributed by atoms with Crippen LogP contribution < -0.4 is 52.9 Å². The Hall–Kier alpha value is -2.08. The number of halogens is 1. The summed E-state index contributed by atoms with van der Waals surface area (Å²) in [6, 6.07) is 12.8. The van der Waals surface area contributed by atoms with Crippen LogP contribution in [0.3, 0.4) is 0 Å². The molecule has 0 atom stereocenters. The number of aromatic nitrogens is 2. The van der Waals surface area contributed by atoms with Crippen molar-refractivity contribution < 1.29 is 33.3 Å². The number of benzene rings is 2. The van der Waals surface area contributed by atoms with E-state index in [0.29, 0.717) is 13.2 Å². The first kappa shape index (κ1) is 27.9. The van der Waals surface area contributed by atoms with Gasteiger partial charge in [-0.05, 0) is 57.5 Å². The van der Waals surface area contributed by atoms with E-state index >= 15 is 0 Å². The maximum absolute atomic E-state index is 13.3. The van der Waals surface area contributed by atoms with Crippen molar-refractivity contribution in [3.63, 3.8) is 0 Å². The third-order valence-corrected chi connectivity index (χ3v) is 9.65. The number of thiazole rings is 2. The van der Waals surface area contributed by atoms with Crippen LogP contribution >= 0.6 is 34.4 Å². The predicted molar refractivity (Wildman–Crippen MR) is 154 cm³/mol. The van der Waals surface area contributed by atoms with Gasteiger partial charge in [-0.3, -0.25) is 9.36 Å². The highest BCUT2D eigenvalue weighted by atomic mass is 127. The Balaban J connectivity index is 0.00000320. The van der Waals surface area contributed by atoms with Crippen LogP contribution in [0.2, 0.25) is 0 Å². The summed E-state index contributed by atoms with van der Waals surface area (Å²) < 4.78 is 13.0. The number of fused-ring (bicyclic) bond motifs is 2. The molecule has 0 amide bonds. The lowest BCUT2D eigenvalue weighted by Gasteiger charge is -2.15. The van der Waals surface area contributed by atoms with Crippen molar-refractivity contribution in [2.24, 2.45) is 0 Å². The van der Waals surface area contributed by atoms with Gasteiger partial charge in [0.1, 0.15) is 21.7 Å². The molecule has 2 aromatic heterocycles. The lowest BCUT2D eigenvalue weighted by atomic mass is 10.2. The summed E-state index contributed by atoms with van der Waals surface area (Å²) in [6.45, 7) is 10.4. The monoisotopic (exact) mass is 663 g/mol. The third kappa shape index (κ3) is 5.28. The SMILES string of the molecule is CCOc1cc2c(cc1C)SC(=CC=c1sc(=Cc3sc4ccccc4[n+]3CC)n(CC)c1=O)N2C.[I-]. The van der Waals surface area contributed by atoms with Crippen LogP contribution in [0, 0.1) is 6.92 Å². The molecule has 0 saturated heterocycles. The van der Waals surface area contributed by atoms with E-state index in [0.717, 1.165) is 42.8 Å². The van der Waals surface area contributed by atoms with Gasteiger partial charge in [-0.15, -0.1) is 11.3 Å². The van der Waals surface area contributed by atoms with Crippen LogP contribution in [-0.4, -0.2) is 18.2 Å². The van der Waals surface area contributed by atoms with Crippen molar-refractivity contribution in [3.8, 4) is 5.75 Å². The van der Waals surface area contributed by atoms with Gasteiger partial charge in [0.2, 0.25) is 5.52 Å². The van der Waals surface area contributed by atoms with Crippen LogP contribution in [0.25, 0.3) is 22.4 Å². The van der Waals surface area contributed by atoms with Gasteiger partial charge >= 0.3 is 0 Å². The van der Waals surface area contributed by atoms with E-state index in [1.165, 1.54) is 15.1 Å². The van der Waals surface area contributed by atoms with Gasteiger partial charge in [0.25, 0.3) is 10.6 Å². The quantitative estimate of drug-likeness (QED) is 0.234. The van der Waals surface area contributed by atoms with E-state index < -0.39 is 0 Å². The van der Waals surface area contributed by atoms with Gasteiger partial charge < -0.3 is 33.6 Å². The first-order valence-corrected chi connectivity index (χ1v) is 14.6. The number of allylic oxidation sites excluding steroid dienone is 1. The van der Waals surface area contributed by atoms with Crippen LogP contribution in [0.1, 0.15) is 31.3 Å². The Morgan fingerprint density at radius 3 is 2.59 bits per heavy atom. The fourth-order valence-corrected chi connectivity index (χ4v) is 7.87. The van der Waals surface area contributed by atoms with Crippen LogP contribution in [0.5, 0.6) is 5.75 Å². The van der Waals surface area contributed by atoms with Crippen molar-refractivity contribution >= 4 is 62.5 Å². The van der Waals surface area contributed by atoms with Crippen LogP contribution in [0.4, 0.5) is 5.69 Å². The third-order valence-electron chi connectivity index (χ3n) is 6.29. The highest BCUT2D eigenvalue weighted by Crippen LogP contribution is 2.47. The first-order chi connectivity index (χ1) is 17.4. The number of anilines is 1. The lowest BCUT2D eigenvalue weighted by molar-refractivity contribution is -0.665. The topological polar surface area (TPSA) is 38.4 Å². The predicted octanol–water partition coefficient (Wildman–Crippen LogP) is 1.86. The van der Waals surface area contributed by atoms with Crippen LogP contribution in [-0.2, 0) is 13.1 Å². The first-order valence-electron chi connectivity index (χ1n) is 12.2. The Kier molecular flexibility index (Phi) is 8.88. The standard InChI is InChI=1S/C28H30N3O2S3.HI/c1-6-30-19-11-9-10-12-22(19)34-26(30)17-27-31(7-2)28(32)23(35-27)13-14-25-29(5)20-16-21(33-8-3)18(4)15-24(20)36-25;/h9-17H,6-8H2,1-5H3;1H/q+1;/p-1. The highest BCUT2D eigenvalue weighted by Gasteiger charge is 2.23. The number of hydrogen-bond donors (Lipinski definition) is 0. The van der Waals surface area contributed by atoms with Crippen molar-refractivity contribution in [2.75, 3.05) is 18.6 Å².